The largest absolute Gasteiger partial charge is 0.468 e. The van der Waals surface area contributed by atoms with E-state index in [9.17, 15) is 13.2 Å². The number of benzene rings is 1. The third-order valence-corrected chi connectivity index (χ3v) is 3.25. The standard InChI is InChI=1S/C10H13NO4S/c1-15-10(12)9(11)7-3-5-8(6-4-7)16(2,13)14/h3-6,9H,11H2,1-2H3/t9-/m1/s1. The van der Waals surface area contributed by atoms with Gasteiger partial charge in [-0.15, -0.1) is 0 Å². The van der Waals surface area contributed by atoms with Gasteiger partial charge in [-0.25, -0.2) is 8.42 Å². The SMILES string of the molecule is COC(=O)[C@H](N)c1ccc(S(C)(=O)=O)cc1. The van der Waals surface area contributed by atoms with Crippen LogP contribution in [0.5, 0.6) is 0 Å². The van der Waals surface area contributed by atoms with Crippen molar-refractivity contribution in [3.8, 4) is 0 Å². The first-order valence-electron chi connectivity index (χ1n) is 4.49. The molecule has 0 spiro atoms. The van der Waals surface area contributed by atoms with Crippen molar-refractivity contribution in [2.45, 2.75) is 10.9 Å². The summed E-state index contributed by atoms with van der Waals surface area (Å²) in [6, 6.07) is 4.93. The lowest BCUT2D eigenvalue weighted by Gasteiger charge is -2.09. The monoisotopic (exact) mass is 243 g/mol. The van der Waals surface area contributed by atoms with Crippen LogP contribution < -0.4 is 5.73 Å². The second-order valence-corrected chi connectivity index (χ2v) is 5.36. The van der Waals surface area contributed by atoms with Crippen molar-refractivity contribution in [1.82, 2.24) is 0 Å². The van der Waals surface area contributed by atoms with Gasteiger partial charge in [0.25, 0.3) is 0 Å². The molecule has 0 radical (unpaired) electrons. The van der Waals surface area contributed by atoms with Crippen LogP contribution in [0.4, 0.5) is 0 Å². The maximum Gasteiger partial charge on any atom is 0.327 e. The van der Waals surface area contributed by atoms with Crippen molar-refractivity contribution >= 4 is 15.8 Å². The molecule has 1 rings (SSSR count). The Hall–Kier alpha value is -1.40. The molecule has 1 aromatic rings. The van der Waals surface area contributed by atoms with Gasteiger partial charge in [-0.2, -0.15) is 0 Å². The van der Waals surface area contributed by atoms with Crippen LogP contribution in [0.25, 0.3) is 0 Å². The number of hydrogen-bond acceptors (Lipinski definition) is 5. The molecule has 0 heterocycles. The second-order valence-electron chi connectivity index (χ2n) is 3.34. The van der Waals surface area contributed by atoms with Crippen molar-refractivity contribution < 1.29 is 17.9 Å². The van der Waals surface area contributed by atoms with E-state index >= 15 is 0 Å². The normalized spacial score (nSPS) is 13.2. The summed E-state index contributed by atoms with van der Waals surface area (Å²) in [6.07, 6.45) is 1.11. The predicted octanol–water partition coefficient (Wildman–Crippen LogP) is 0.263. The zero-order chi connectivity index (χ0) is 12.3. The summed E-state index contributed by atoms with van der Waals surface area (Å²) >= 11 is 0. The van der Waals surface area contributed by atoms with Gasteiger partial charge in [0.1, 0.15) is 6.04 Å². The highest BCUT2D eigenvalue weighted by Crippen LogP contribution is 2.15. The minimum Gasteiger partial charge on any atom is -0.468 e. The van der Waals surface area contributed by atoms with E-state index in [-0.39, 0.29) is 4.90 Å². The van der Waals surface area contributed by atoms with Crippen molar-refractivity contribution in [2.75, 3.05) is 13.4 Å². The van der Waals surface area contributed by atoms with Crippen LogP contribution in [0.2, 0.25) is 0 Å². The first-order valence-corrected chi connectivity index (χ1v) is 6.39. The van der Waals surface area contributed by atoms with Gasteiger partial charge in [0, 0.05) is 6.26 Å². The Bertz CT molecular complexity index is 478. The summed E-state index contributed by atoms with van der Waals surface area (Å²) in [5.41, 5.74) is 6.10. The van der Waals surface area contributed by atoms with Gasteiger partial charge in [0.2, 0.25) is 0 Å². The van der Waals surface area contributed by atoms with Crippen LogP contribution >= 0.6 is 0 Å². The zero-order valence-electron chi connectivity index (χ0n) is 9.01. The lowest BCUT2D eigenvalue weighted by molar-refractivity contribution is -0.142. The fourth-order valence-electron chi connectivity index (χ4n) is 1.19. The van der Waals surface area contributed by atoms with Crippen molar-refractivity contribution in [1.29, 1.82) is 0 Å². The maximum atomic E-state index is 11.2. The molecule has 2 N–H and O–H groups in total. The first kappa shape index (κ1) is 12.7. The van der Waals surface area contributed by atoms with E-state index in [4.69, 9.17) is 5.73 Å². The third-order valence-electron chi connectivity index (χ3n) is 2.12. The quantitative estimate of drug-likeness (QED) is 0.770. The van der Waals surface area contributed by atoms with E-state index in [1.807, 2.05) is 0 Å². The number of methoxy groups -OCH3 is 1. The van der Waals surface area contributed by atoms with Gasteiger partial charge in [-0.1, -0.05) is 12.1 Å². The molecular weight excluding hydrogens is 230 g/mol. The highest BCUT2D eigenvalue weighted by Gasteiger charge is 2.16. The van der Waals surface area contributed by atoms with Crippen LogP contribution in [-0.4, -0.2) is 27.8 Å². The highest BCUT2D eigenvalue weighted by atomic mass is 32.2. The summed E-state index contributed by atoms with van der Waals surface area (Å²) in [5, 5.41) is 0. The minimum atomic E-state index is -3.23. The van der Waals surface area contributed by atoms with Crippen LogP contribution in [0.3, 0.4) is 0 Å². The summed E-state index contributed by atoms with van der Waals surface area (Å²) in [4.78, 5) is 11.3. The summed E-state index contributed by atoms with van der Waals surface area (Å²) in [6.45, 7) is 0. The van der Waals surface area contributed by atoms with Crippen LogP contribution in [0, 0.1) is 0 Å². The number of esters is 1. The second kappa shape index (κ2) is 4.63. The molecular formula is C10H13NO4S. The lowest BCUT2D eigenvalue weighted by Crippen LogP contribution is -2.22. The summed E-state index contributed by atoms with van der Waals surface area (Å²) in [7, 11) is -1.98. The topological polar surface area (TPSA) is 86.5 Å². The minimum absolute atomic E-state index is 0.188. The van der Waals surface area contributed by atoms with Gasteiger partial charge in [0.05, 0.1) is 12.0 Å². The van der Waals surface area contributed by atoms with Crippen molar-refractivity contribution in [2.24, 2.45) is 5.73 Å². The predicted molar refractivity (Wildman–Crippen MR) is 58.5 cm³/mol. The van der Waals surface area contributed by atoms with Crippen LogP contribution in [0.1, 0.15) is 11.6 Å². The summed E-state index contributed by atoms with van der Waals surface area (Å²) < 4.78 is 26.8. The first-order chi connectivity index (χ1) is 7.36. The third kappa shape index (κ3) is 2.80. The smallest absolute Gasteiger partial charge is 0.327 e. The lowest BCUT2D eigenvalue weighted by atomic mass is 10.1. The zero-order valence-corrected chi connectivity index (χ0v) is 9.82. The van der Waals surface area contributed by atoms with Gasteiger partial charge in [-0.05, 0) is 17.7 Å². The van der Waals surface area contributed by atoms with E-state index in [1.165, 1.54) is 31.4 Å². The molecule has 0 bridgehead atoms. The molecule has 0 amide bonds. The molecule has 0 saturated carbocycles. The fourth-order valence-corrected chi connectivity index (χ4v) is 1.82. The Labute approximate surface area is 94.1 Å². The Kier molecular flexibility index (Phi) is 3.66. The van der Waals surface area contributed by atoms with E-state index < -0.39 is 21.8 Å². The molecule has 1 atom stereocenters. The number of carbonyl (C=O) groups is 1. The average molecular weight is 243 g/mol. The molecule has 0 unspecified atom stereocenters. The molecule has 88 valence electrons. The number of rotatable bonds is 3. The number of carbonyl (C=O) groups excluding carboxylic acids is 1. The number of hydrogen-bond donors (Lipinski definition) is 1. The van der Waals surface area contributed by atoms with Gasteiger partial charge >= 0.3 is 5.97 Å². The maximum absolute atomic E-state index is 11.2. The Morgan fingerprint density at radius 3 is 2.19 bits per heavy atom. The van der Waals surface area contributed by atoms with E-state index in [0.29, 0.717) is 5.56 Å². The molecule has 0 fully saturated rings. The van der Waals surface area contributed by atoms with Crippen LogP contribution in [0.15, 0.2) is 29.2 Å². The number of ether oxygens (including phenoxy) is 1. The van der Waals surface area contributed by atoms with E-state index in [2.05, 4.69) is 4.74 Å². The Balaban J connectivity index is 3.00. The van der Waals surface area contributed by atoms with E-state index in [0.717, 1.165) is 6.26 Å². The Morgan fingerprint density at radius 2 is 1.81 bits per heavy atom. The molecule has 0 saturated heterocycles. The molecule has 1 aromatic carbocycles. The van der Waals surface area contributed by atoms with Crippen molar-refractivity contribution in [3.63, 3.8) is 0 Å². The molecule has 16 heavy (non-hydrogen) atoms. The number of nitrogens with two attached hydrogens (primary N) is 1. The Morgan fingerprint density at radius 1 is 1.31 bits per heavy atom. The molecule has 0 aromatic heterocycles. The van der Waals surface area contributed by atoms with Crippen LogP contribution in [-0.2, 0) is 19.4 Å². The van der Waals surface area contributed by atoms with Crippen molar-refractivity contribution in [3.05, 3.63) is 29.8 Å². The fraction of sp³-hybridized carbons (Fsp3) is 0.300. The molecule has 0 aliphatic rings. The number of sulfone groups is 1. The summed E-state index contributed by atoms with van der Waals surface area (Å²) in [5.74, 6) is -0.563. The van der Waals surface area contributed by atoms with E-state index in [1.54, 1.807) is 0 Å². The average Bonchev–Trinajstić information content (AvgIpc) is 2.26. The molecule has 0 aliphatic heterocycles. The van der Waals surface area contributed by atoms with Gasteiger partial charge in [-0.3, -0.25) is 4.79 Å². The molecule has 0 aliphatic carbocycles. The van der Waals surface area contributed by atoms with Gasteiger partial charge in [0.15, 0.2) is 9.84 Å². The van der Waals surface area contributed by atoms with Gasteiger partial charge < -0.3 is 10.5 Å². The highest BCUT2D eigenvalue weighted by molar-refractivity contribution is 7.90. The molecule has 5 nitrogen and oxygen atoms in total. The molecule has 6 heteroatoms.